The molecule has 0 fully saturated rings. The van der Waals surface area contributed by atoms with Gasteiger partial charge in [-0.1, -0.05) is 0 Å². The summed E-state index contributed by atoms with van der Waals surface area (Å²) in [6.45, 7) is 4.57. The highest BCUT2D eigenvalue weighted by Gasteiger charge is 2.11. The lowest BCUT2D eigenvalue weighted by atomic mass is 10.3. The summed E-state index contributed by atoms with van der Waals surface area (Å²) in [4.78, 5) is 15.2. The van der Waals surface area contributed by atoms with Crippen LogP contribution in [0.4, 0.5) is 0 Å². The zero-order chi connectivity index (χ0) is 11.0. The third-order valence-corrected chi connectivity index (χ3v) is 1.43. The first-order valence-corrected chi connectivity index (χ1v) is 4.51. The van der Waals surface area contributed by atoms with Crippen molar-refractivity contribution in [3.05, 3.63) is 11.4 Å². The summed E-state index contributed by atoms with van der Waals surface area (Å²) in [6.07, 6.45) is 1.45. The normalized spacial score (nSPS) is 12.5. The minimum absolute atomic E-state index is 0.240. The van der Waals surface area contributed by atoms with Crippen LogP contribution < -0.4 is 11.1 Å². The second-order valence-corrected chi connectivity index (χ2v) is 2.43. The Morgan fingerprint density at radius 2 is 2.21 bits per heavy atom. The Morgan fingerprint density at radius 1 is 1.57 bits per heavy atom. The maximum absolute atomic E-state index is 11.3. The number of carbonyl (C=O) groups is 1. The minimum Gasteiger partial charge on any atom is -0.461 e. The highest BCUT2D eigenvalue weighted by atomic mass is 16.5. The van der Waals surface area contributed by atoms with Gasteiger partial charge >= 0.3 is 5.97 Å². The summed E-state index contributed by atoms with van der Waals surface area (Å²) >= 11 is 0. The van der Waals surface area contributed by atoms with Crippen LogP contribution in [0.25, 0.3) is 0 Å². The van der Waals surface area contributed by atoms with E-state index < -0.39 is 5.97 Å². The number of esters is 1. The third-order valence-electron chi connectivity index (χ3n) is 1.43. The van der Waals surface area contributed by atoms with Crippen molar-refractivity contribution in [3.63, 3.8) is 0 Å². The van der Waals surface area contributed by atoms with Crippen LogP contribution in [0.3, 0.4) is 0 Å². The largest absolute Gasteiger partial charge is 0.461 e. The van der Waals surface area contributed by atoms with E-state index in [2.05, 4.69) is 10.3 Å². The Labute approximate surface area is 84.0 Å². The molecule has 0 unspecified atom stereocenters. The Morgan fingerprint density at radius 3 is 2.64 bits per heavy atom. The lowest BCUT2D eigenvalue weighted by Crippen LogP contribution is -2.24. The Kier molecular flexibility index (Phi) is 6.19. The number of hydrogen-bond donors (Lipinski definition) is 2. The quantitative estimate of drug-likeness (QED) is 0.372. The van der Waals surface area contributed by atoms with E-state index in [0.717, 1.165) is 0 Å². The number of carbonyl (C=O) groups excluding carboxylic acids is 1. The van der Waals surface area contributed by atoms with E-state index in [-0.39, 0.29) is 11.4 Å². The molecule has 5 nitrogen and oxygen atoms in total. The molecule has 0 aliphatic rings. The van der Waals surface area contributed by atoms with Gasteiger partial charge in [-0.15, -0.1) is 0 Å². The summed E-state index contributed by atoms with van der Waals surface area (Å²) in [7, 11) is 1.61. The van der Waals surface area contributed by atoms with Gasteiger partial charge in [0.25, 0.3) is 0 Å². The molecule has 0 aromatic rings. The molecule has 0 rings (SSSR count). The van der Waals surface area contributed by atoms with Crippen LogP contribution in [-0.2, 0) is 9.53 Å². The van der Waals surface area contributed by atoms with Gasteiger partial charge < -0.3 is 15.8 Å². The van der Waals surface area contributed by atoms with Crippen molar-refractivity contribution < 1.29 is 9.53 Å². The van der Waals surface area contributed by atoms with Crippen molar-refractivity contribution in [1.29, 1.82) is 0 Å². The molecule has 0 saturated heterocycles. The maximum atomic E-state index is 11.3. The number of nitrogens with two attached hydrogens (primary N) is 1. The summed E-state index contributed by atoms with van der Waals surface area (Å²) in [5.41, 5.74) is 6.14. The summed E-state index contributed by atoms with van der Waals surface area (Å²) in [6, 6.07) is 0. The molecule has 0 radical (unpaired) electrons. The number of nitrogens with one attached hydrogen (secondary N) is 1. The number of likely N-dealkylation sites (N-methyl/N-ethyl adjacent to an activating group) is 1. The summed E-state index contributed by atoms with van der Waals surface area (Å²) in [5.74, 6) is -0.463. The van der Waals surface area contributed by atoms with Gasteiger partial charge in [0.15, 0.2) is 0 Å². The van der Waals surface area contributed by atoms with Crippen molar-refractivity contribution in [1.82, 2.24) is 5.32 Å². The van der Waals surface area contributed by atoms with Crippen LogP contribution in [0.2, 0.25) is 0 Å². The third kappa shape index (κ3) is 3.93. The van der Waals surface area contributed by atoms with E-state index in [9.17, 15) is 4.79 Å². The fourth-order valence-electron chi connectivity index (χ4n) is 0.822. The standard InChI is InChI=1S/C9H17N3O2/c1-4-12-6-7(10)8(11-3)9(13)14-5-2/h6,11H,4-5,10H2,1-3H3/b8-7+,12-6-. The molecule has 0 bridgehead atoms. The molecule has 0 aromatic heterocycles. The number of ether oxygens (including phenoxy) is 1. The van der Waals surface area contributed by atoms with Gasteiger partial charge in [0.1, 0.15) is 5.70 Å². The van der Waals surface area contributed by atoms with Gasteiger partial charge in [-0.2, -0.15) is 0 Å². The van der Waals surface area contributed by atoms with E-state index in [1.54, 1.807) is 14.0 Å². The van der Waals surface area contributed by atoms with Gasteiger partial charge in [0.2, 0.25) is 0 Å². The predicted molar refractivity (Wildman–Crippen MR) is 55.9 cm³/mol. The van der Waals surface area contributed by atoms with Crippen LogP contribution >= 0.6 is 0 Å². The van der Waals surface area contributed by atoms with Crippen molar-refractivity contribution in [2.75, 3.05) is 20.2 Å². The minimum atomic E-state index is -0.463. The monoisotopic (exact) mass is 199 g/mol. The predicted octanol–water partition coefficient (Wildman–Crippen LogP) is 0.0299. The van der Waals surface area contributed by atoms with E-state index >= 15 is 0 Å². The van der Waals surface area contributed by atoms with Crippen LogP contribution in [0.5, 0.6) is 0 Å². The van der Waals surface area contributed by atoms with Crippen LogP contribution in [0.15, 0.2) is 16.4 Å². The average Bonchev–Trinajstić information content (AvgIpc) is 2.16. The zero-order valence-electron chi connectivity index (χ0n) is 8.83. The zero-order valence-corrected chi connectivity index (χ0v) is 8.83. The van der Waals surface area contributed by atoms with E-state index in [0.29, 0.717) is 13.2 Å². The van der Waals surface area contributed by atoms with E-state index in [1.807, 2.05) is 6.92 Å². The smallest absolute Gasteiger partial charge is 0.356 e. The molecule has 0 spiro atoms. The molecule has 0 aromatic carbocycles. The van der Waals surface area contributed by atoms with Crippen molar-refractivity contribution in [2.24, 2.45) is 10.7 Å². The summed E-state index contributed by atoms with van der Waals surface area (Å²) < 4.78 is 4.80. The SMILES string of the molecule is CC/N=C\C(N)=C(/NC)C(=O)OCC. The summed E-state index contributed by atoms with van der Waals surface area (Å²) in [5, 5.41) is 2.68. The average molecular weight is 199 g/mol. The first kappa shape index (κ1) is 12.5. The number of aliphatic imine (C=N–C) groups is 1. The lowest BCUT2D eigenvalue weighted by molar-refractivity contribution is -0.138. The molecule has 3 N–H and O–H groups in total. The fraction of sp³-hybridized carbons (Fsp3) is 0.556. The van der Waals surface area contributed by atoms with Gasteiger partial charge in [-0.25, -0.2) is 4.79 Å². The molecular formula is C9H17N3O2. The molecule has 0 amide bonds. The van der Waals surface area contributed by atoms with Crippen molar-refractivity contribution in [3.8, 4) is 0 Å². The van der Waals surface area contributed by atoms with Crippen LogP contribution in [0.1, 0.15) is 13.8 Å². The van der Waals surface area contributed by atoms with Gasteiger partial charge in [0.05, 0.1) is 12.3 Å². The van der Waals surface area contributed by atoms with Crippen LogP contribution in [-0.4, -0.2) is 32.4 Å². The second-order valence-electron chi connectivity index (χ2n) is 2.43. The molecule has 14 heavy (non-hydrogen) atoms. The number of hydrogen-bond acceptors (Lipinski definition) is 5. The number of nitrogens with zero attached hydrogens (tertiary/aromatic N) is 1. The highest BCUT2D eigenvalue weighted by Crippen LogP contribution is 1.96. The second kappa shape index (κ2) is 6.94. The van der Waals surface area contributed by atoms with Crippen LogP contribution in [0, 0.1) is 0 Å². The topological polar surface area (TPSA) is 76.7 Å². The van der Waals surface area contributed by atoms with Gasteiger partial charge in [-0.3, -0.25) is 4.99 Å². The molecular weight excluding hydrogens is 182 g/mol. The van der Waals surface area contributed by atoms with E-state index in [1.165, 1.54) is 6.21 Å². The lowest BCUT2D eigenvalue weighted by Gasteiger charge is -2.07. The molecule has 0 aliphatic heterocycles. The fourth-order valence-corrected chi connectivity index (χ4v) is 0.822. The highest BCUT2D eigenvalue weighted by molar-refractivity contribution is 5.95. The maximum Gasteiger partial charge on any atom is 0.356 e. The van der Waals surface area contributed by atoms with Gasteiger partial charge in [-0.05, 0) is 13.8 Å². The number of rotatable bonds is 5. The van der Waals surface area contributed by atoms with Crippen molar-refractivity contribution in [2.45, 2.75) is 13.8 Å². The molecule has 0 atom stereocenters. The molecule has 0 saturated carbocycles. The van der Waals surface area contributed by atoms with E-state index in [4.69, 9.17) is 10.5 Å². The Balaban J connectivity index is 4.65. The Bertz CT molecular complexity index is 246. The van der Waals surface area contributed by atoms with Crippen molar-refractivity contribution >= 4 is 12.2 Å². The molecule has 80 valence electrons. The first-order valence-electron chi connectivity index (χ1n) is 4.51. The Hall–Kier alpha value is -1.52. The molecule has 5 heteroatoms. The van der Waals surface area contributed by atoms with Gasteiger partial charge in [0, 0.05) is 19.8 Å². The molecule has 0 heterocycles. The molecule has 0 aliphatic carbocycles. The first-order chi connectivity index (χ1) is 6.67. The number of allylic oxidation sites excluding steroid dienone is 1.